The maximum atomic E-state index is 14.0. The molecule has 3 heterocycles. The van der Waals surface area contributed by atoms with Gasteiger partial charge in [-0.05, 0) is 95.8 Å². The zero-order valence-electron chi connectivity index (χ0n) is 22.1. The number of nitrogen functional groups attached to an aromatic ring is 1. The standard InChI is InChI=1S/C30H27FN4O4S/c1-16-11-27(32)34-17(2)26(16)15-33-30(36)18-7-9-22-24(12-18)29-25-14-21(8-10-23(25)28(22)39-29)35(40(3,37)38)20-6-4-5-19(31)13-20/h4-14,28-29H,15H2,1-3H3,(H2,32,34)(H,33,36)/t28-,29+/m1/s1. The van der Waals surface area contributed by atoms with Gasteiger partial charge in [0.2, 0.25) is 10.0 Å². The number of halogens is 1. The number of anilines is 3. The molecular formula is C30H27FN4O4S. The van der Waals surface area contributed by atoms with Gasteiger partial charge in [-0.2, -0.15) is 0 Å². The number of nitrogens with one attached hydrogen (secondary N) is 1. The molecular weight excluding hydrogens is 531 g/mol. The fourth-order valence-electron chi connectivity index (χ4n) is 5.66. The van der Waals surface area contributed by atoms with E-state index in [0.29, 0.717) is 23.6 Å². The predicted molar refractivity (Wildman–Crippen MR) is 150 cm³/mol. The number of carbonyl (C=O) groups excluding carboxylic acids is 1. The monoisotopic (exact) mass is 558 g/mol. The number of hydrogen-bond donors (Lipinski definition) is 2. The molecule has 0 saturated heterocycles. The molecule has 0 saturated carbocycles. The van der Waals surface area contributed by atoms with Crippen molar-refractivity contribution in [2.45, 2.75) is 32.6 Å². The van der Waals surface area contributed by atoms with Gasteiger partial charge in [-0.3, -0.25) is 4.79 Å². The molecule has 1 amide bonds. The van der Waals surface area contributed by atoms with Gasteiger partial charge in [-0.25, -0.2) is 22.1 Å². The molecule has 0 radical (unpaired) electrons. The van der Waals surface area contributed by atoms with E-state index < -0.39 is 21.9 Å². The van der Waals surface area contributed by atoms with Crippen LogP contribution in [0.4, 0.5) is 21.6 Å². The molecule has 2 atom stereocenters. The highest BCUT2D eigenvalue weighted by Gasteiger charge is 2.43. The zero-order chi connectivity index (χ0) is 28.3. The van der Waals surface area contributed by atoms with Gasteiger partial charge in [-0.1, -0.05) is 18.2 Å². The average molecular weight is 559 g/mol. The number of nitrogens with zero attached hydrogens (tertiary/aromatic N) is 2. The van der Waals surface area contributed by atoms with Crippen LogP contribution in [0.15, 0.2) is 66.7 Å². The quantitative estimate of drug-likeness (QED) is 0.345. The Labute approximate surface area is 231 Å². The summed E-state index contributed by atoms with van der Waals surface area (Å²) in [4.78, 5) is 17.4. The Morgan fingerprint density at radius 1 is 0.975 bits per heavy atom. The molecule has 40 heavy (non-hydrogen) atoms. The Balaban J connectivity index is 1.29. The lowest BCUT2D eigenvalue weighted by Crippen LogP contribution is -2.25. The maximum absolute atomic E-state index is 14.0. The first kappa shape index (κ1) is 26.0. The number of hydrogen-bond acceptors (Lipinski definition) is 6. The average Bonchev–Trinajstić information content (AvgIpc) is 3.44. The summed E-state index contributed by atoms with van der Waals surface area (Å²) in [5, 5.41) is 2.97. The predicted octanol–water partition coefficient (Wildman–Crippen LogP) is 4.97. The second-order valence-corrected chi connectivity index (χ2v) is 12.0. The number of aryl methyl sites for hydroxylation is 2. The lowest BCUT2D eigenvalue weighted by molar-refractivity contribution is 0.0857. The summed E-state index contributed by atoms with van der Waals surface area (Å²) in [6.45, 7) is 4.11. The van der Waals surface area contributed by atoms with Crippen LogP contribution >= 0.6 is 0 Å². The van der Waals surface area contributed by atoms with Crippen molar-refractivity contribution in [2.24, 2.45) is 0 Å². The smallest absolute Gasteiger partial charge is 0.251 e. The number of nitrogens with two attached hydrogens (primary N) is 1. The van der Waals surface area contributed by atoms with Gasteiger partial charge in [-0.15, -0.1) is 0 Å². The molecule has 8 nitrogen and oxygen atoms in total. The van der Waals surface area contributed by atoms with E-state index in [1.165, 1.54) is 18.2 Å². The van der Waals surface area contributed by atoms with E-state index in [1.54, 1.807) is 30.3 Å². The Bertz CT molecular complexity index is 1780. The van der Waals surface area contributed by atoms with Crippen LogP contribution in [0.5, 0.6) is 0 Å². The van der Waals surface area contributed by atoms with Crippen molar-refractivity contribution in [3.63, 3.8) is 0 Å². The summed E-state index contributed by atoms with van der Waals surface area (Å²) in [5.74, 6) is -0.324. The third kappa shape index (κ3) is 4.39. The molecule has 2 aliphatic rings. The number of sulfonamides is 1. The van der Waals surface area contributed by atoms with Crippen LogP contribution < -0.4 is 15.4 Å². The second-order valence-electron chi connectivity index (χ2n) is 10.2. The van der Waals surface area contributed by atoms with Crippen molar-refractivity contribution >= 4 is 33.1 Å². The van der Waals surface area contributed by atoms with E-state index in [2.05, 4.69) is 10.3 Å². The van der Waals surface area contributed by atoms with E-state index in [1.807, 2.05) is 32.0 Å². The highest BCUT2D eigenvalue weighted by molar-refractivity contribution is 7.92. The number of amides is 1. The zero-order valence-corrected chi connectivity index (χ0v) is 22.9. The molecule has 6 rings (SSSR count). The van der Waals surface area contributed by atoms with E-state index in [9.17, 15) is 17.6 Å². The first-order chi connectivity index (χ1) is 19.0. The Morgan fingerprint density at radius 2 is 1.65 bits per heavy atom. The second kappa shape index (κ2) is 9.42. The summed E-state index contributed by atoms with van der Waals surface area (Å²) >= 11 is 0. The largest absolute Gasteiger partial charge is 0.384 e. The summed E-state index contributed by atoms with van der Waals surface area (Å²) in [6.07, 6.45) is 0.313. The number of pyridine rings is 1. The van der Waals surface area contributed by atoms with Crippen molar-refractivity contribution in [1.29, 1.82) is 0 Å². The summed E-state index contributed by atoms with van der Waals surface area (Å²) in [5.41, 5.74) is 13.1. The van der Waals surface area contributed by atoms with Crippen LogP contribution in [0.2, 0.25) is 0 Å². The molecule has 10 heteroatoms. The fourth-order valence-corrected chi connectivity index (χ4v) is 6.65. The third-order valence-corrected chi connectivity index (χ3v) is 8.51. The number of fused-ring (bicyclic) bond motifs is 8. The topological polar surface area (TPSA) is 115 Å². The van der Waals surface area contributed by atoms with E-state index in [4.69, 9.17) is 10.5 Å². The lowest BCUT2D eigenvalue weighted by Gasteiger charge is -2.25. The van der Waals surface area contributed by atoms with Gasteiger partial charge in [0.1, 0.15) is 23.8 Å². The molecule has 3 N–H and O–H groups in total. The lowest BCUT2D eigenvalue weighted by atomic mass is 9.85. The molecule has 0 spiro atoms. The van der Waals surface area contributed by atoms with Crippen molar-refractivity contribution < 1.29 is 22.3 Å². The van der Waals surface area contributed by atoms with Gasteiger partial charge in [0.15, 0.2) is 0 Å². The highest BCUT2D eigenvalue weighted by Crippen LogP contribution is 2.55. The third-order valence-electron chi connectivity index (χ3n) is 7.43. The molecule has 0 unspecified atom stereocenters. The van der Waals surface area contributed by atoms with Crippen LogP contribution in [0.3, 0.4) is 0 Å². The van der Waals surface area contributed by atoms with E-state index in [0.717, 1.165) is 49.6 Å². The summed E-state index contributed by atoms with van der Waals surface area (Å²) < 4.78 is 46.9. The van der Waals surface area contributed by atoms with Gasteiger partial charge >= 0.3 is 0 Å². The van der Waals surface area contributed by atoms with E-state index >= 15 is 0 Å². The molecule has 0 aliphatic carbocycles. The van der Waals surface area contributed by atoms with Crippen molar-refractivity contribution in [2.75, 3.05) is 16.3 Å². The van der Waals surface area contributed by atoms with Gasteiger partial charge < -0.3 is 15.8 Å². The summed E-state index contributed by atoms with van der Waals surface area (Å²) in [6, 6.07) is 18.1. The first-order valence-electron chi connectivity index (χ1n) is 12.7. The highest BCUT2D eigenvalue weighted by atomic mass is 32.2. The Hall–Kier alpha value is -4.28. The van der Waals surface area contributed by atoms with E-state index in [-0.39, 0.29) is 17.7 Å². The molecule has 204 valence electrons. The molecule has 0 fully saturated rings. The summed E-state index contributed by atoms with van der Waals surface area (Å²) in [7, 11) is -3.77. The minimum absolute atomic E-state index is 0.202. The van der Waals surface area contributed by atoms with Crippen molar-refractivity contribution in [3.05, 3.63) is 117 Å². The van der Waals surface area contributed by atoms with Crippen LogP contribution in [0.1, 0.15) is 61.6 Å². The van der Waals surface area contributed by atoms with Crippen molar-refractivity contribution in [1.82, 2.24) is 10.3 Å². The van der Waals surface area contributed by atoms with Gasteiger partial charge in [0, 0.05) is 17.8 Å². The number of carbonyl (C=O) groups is 1. The minimum Gasteiger partial charge on any atom is -0.384 e. The molecule has 4 aromatic rings. The first-order valence-corrected chi connectivity index (χ1v) is 14.6. The molecule has 2 aliphatic heterocycles. The van der Waals surface area contributed by atoms with Gasteiger partial charge in [0.05, 0.1) is 17.6 Å². The fraction of sp³-hybridized carbons (Fsp3) is 0.200. The minimum atomic E-state index is -3.77. The number of aromatic nitrogens is 1. The van der Waals surface area contributed by atoms with Crippen LogP contribution in [-0.2, 0) is 21.3 Å². The maximum Gasteiger partial charge on any atom is 0.251 e. The molecule has 2 bridgehead atoms. The number of ether oxygens (including phenoxy) is 1. The van der Waals surface area contributed by atoms with Crippen LogP contribution in [-0.4, -0.2) is 25.6 Å². The van der Waals surface area contributed by atoms with Crippen LogP contribution in [0.25, 0.3) is 0 Å². The number of rotatable bonds is 6. The molecule has 3 aromatic carbocycles. The SMILES string of the molecule is Cc1cc(N)nc(C)c1CNC(=O)c1ccc2c(c1)[C@@H]1O[C@H]2c2ccc(N(c3cccc(F)c3)S(C)(=O)=O)cc21. The normalized spacial score (nSPS) is 16.9. The number of benzene rings is 3. The Morgan fingerprint density at radius 3 is 2.35 bits per heavy atom. The van der Waals surface area contributed by atoms with Gasteiger partial charge in [0.25, 0.3) is 5.91 Å². The molecule has 1 aromatic heterocycles. The Kier molecular flexibility index (Phi) is 6.12. The van der Waals surface area contributed by atoms with Crippen LogP contribution in [0, 0.1) is 19.7 Å². The van der Waals surface area contributed by atoms with Crippen molar-refractivity contribution in [3.8, 4) is 0 Å².